The van der Waals surface area contributed by atoms with Gasteiger partial charge in [-0.2, -0.15) is 0 Å². The maximum absolute atomic E-state index is 12.2. The lowest BCUT2D eigenvalue weighted by molar-refractivity contribution is -0.130. The molecule has 0 spiro atoms. The van der Waals surface area contributed by atoms with E-state index in [-0.39, 0.29) is 18.6 Å². The van der Waals surface area contributed by atoms with Gasteiger partial charge in [-0.3, -0.25) is 9.78 Å². The lowest BCUT2D eigenvalue weighted by atomic mass is 10.2. The second-order valence-electron chi connectivity index (χ2n) is 5.89. The number of methoxy groups -OCH3 is 1. The molecular weight excluding hydrogens is 352 g/mol. The Bertz CT molecular complexity index is 909. The number of hydrogen-bond donors (Lipinski definition) is 0. The molecule has 1 aromatic carbocycles. The molecule has 4 rings (SSSR count). The number of carbonyl (C=O) groups excluding carboxylic acids is 1. The van der Waals surface area contributed by atoms with E-state index >= 15 is 0 Å². The Hall–Kier alpha value is -2.64. The summed E-state index contributed by atoms with van der Waals surface area (Å²) < 4.78 is 17.8. The van der Waals surface area contributed by atoms with Crippen LogP contribution in [-0.2, 0) is 9.53 Å². The van der Waals surface area contributed by atoms with Crippen LogP contribution in [0.2, 0.25) is 0 Å². The van der Waals surface area contributed by atoms with Gasteiger partial charge in [0.25, 0.3) is 5.91 Å². The molecular formula is C19H18N2O4S. The van der Waals surface area contributed by atoms with E-state index in [1.165, 1.54) is 0 Å². The van der Waals surface area contributed by atoms with Crippen molar-refractivity contribution in [3.8, 4) is 11.5 Å². The monoisotopic (exact) mass is 370 g/mol. The molecule has 0 aliphatic carbocycles. The zero-order valence-corrected chi connectivity index (χ0v) is 15.1. The summed E-state index contributed by atoms with van der Waals surface area (Å²) in [6.45, 7) is 0.867. The van der Waals surface area contributed by atoms with Crippen LogP contribution in [0.4, 0.5) is 5.69 Å². The molecule has 1 aliphatic rings. The Morgan fingerprint density at radius 3 is 2.92 bits per heavy atom. The van der Waals surface area contributed by atoms with Gasteiger partial charge in [-0.05, 0) is 41.8 Å². The van der Waals surface area contributed by atoms with Crippen molar-refractivity contribution in [2.45, 2.75) is 6.10 Å². The fourth-order valence-corrected chi connectivity index (χ4v) is 3.70. The molecule has 7 heteroatoms. The Morgan fingerprint density at radius 1 is 1.27 bits per heavy atom. The first kappa shape index (κ1) is 16.8. The van der Waals surface area contributed by atoms with E-state index in [1.54, 1.807) is 29.5 Å². The van der Waals surface area contributed by atoms with Crippen LogP contribution in [0.1, 0.15) is 0 Å². The van der Waals surface area contributed by atoms with Gasteiger partial charge in [-0.25, -0.2) is 0 Å². The molecule has 3 aromatic rings. The number of thiophene rings is 1. The van der Waals surface area contributed by atoms with Gasteiger partial charge in [0.15, 0.2) is 0 Å². The molecule has 0 bridgehead atoms. The average Bonchev–Trinajstić information content (AvgIpc) is 3.17. The summed E-state index contributed by atoms with van der Waals surface area (Å²) in [6, 6.07) is 11.3. The van der Waals surface area contributed by atoms with Crippen molar-refractivity contribution in [2.24, 2.45) is 0 Å². The van der Waals surface area contributed by atoms with E-state index < -0.39 is 0 Å². The maximum atomic E-state index is 12.2. The zero-order valence-electron chi connectivity index (χ0n) is 14.3. The quantitative estimate of drug-likeness (QED) is 0.691. The van der Waals surface area contributed by atoms with E-state index in [9.17, 15) is 4.79 Å². The van der Waals surface area contributed by atoms with Gasteiger partial charge in [-0.15, -0.1) is 11.3 Å². The van der Waals surface area contributed by atoms with Crippen LogP contribution in [0.5, 0.6) is 11.5 Å². The van der Waals surface area contributed by atoms with Gasteiger partial charge in [0.2, 0.25) is 0 Å². The van der Waals surface area contributed by atoms with Crippen LogP contribution in [0, 0.1) is 0 Å². The molecule has 0 N–H and O–H groups in total. The standard InChI is InChI=1S/C19H18N2O4S/c1-23-14-4-2-13(3-5-14)21-10-15(24-12-18(21)22)11-25-17-6-8-20-16-7-9-26-19(16)17/h2-9,15H,10-12H2,1H3. The second-order valence-corrected chi connectivity index (χ2v) is 6.81. The Balaban J connectivity index is 1.44. The first-order valence-corrected chi connectivity index (χ1v) is 9.13. The molecule has 1 fully saturated rings. The number of hydrogen-bond acceptors (Lipinski definition) is 6. The van der Waals surface area contributed by atoms with Gasteiger partial charge in [0, 0.05) is 11.9 Å². The van der Waals surface area contributed by atoms with Crippen molar-refractivity contribution in [3.05, 3.63) is 48.0 Å². The lowest BCUT2D eigenvalue weighted by Crippen LogP contribution is -2.48. The van der Waals surface area contributed by atoms with Crippen LogP contribution in [0.15, 0.2) is 48.0 Å². The molecule has 1 amide bonds. The average molecular weight is 370 g/mol. The Labute approximate surface area is 154 Å². The smallest absolute Gasteiger partial charge is 0.253 e. The fourth-order valence-electron chi connectivity index (χ4n) is 2.88. The first-order valence-electron chi connectivity index (χ1n) is 8.25. The predicted octanol–water partition coefficient (Wildman–Crippen LogP) is 3.12. The highest BCUT2D eigenvalue weighted by Crippen LogP contribution is 2.29. The van der Waals surface area contributed by atoms with E-state index in [2.05, 4.69) is 4.98 Å². The molecule has 134 valence electrons. The molecule has 0 radical (unpaired) electrons. The number of fused-ring (bicyclic) bond motifs is 1. The van der Waals surface area contributed by atoms with Gasteiger partial charge in [0.05, 0.1) is 23.9 Å². The highest BCUT2D eigenvalue weighted by Gasteiger charge is 2.28. The van der Waals surface area contributed by atoms with Crippen LogP contribution in [-0.4, -0.2) is 43.9 Å². The Kier molecular flexibility index (Phi) is 4.73. The second kappa shape index (κ2) is 7.31. The number of morpholine rings is 1. The van der Waals surface area contributed by atoms with E-state index in [0.29, 0.717) is 13.2 Å². The number of nitrogens with zero attached hydrogens (tertiary/aromatic N) is 2. The third-order valence-corrected chi connectivity index (χ3v) is 5.16. The molecule has 1 atom stereocenters. The Morgan fingerprint density at radius 2 is 2.12 bits per heavy atom. The predicted molar refractivity (Wildman–Crippen MR) is 100 cm³/mol. The summed E-state index contributed by atoms with van der Waals surface area (Å²) in [4.78, 5) is 18.3. The van der Waals surface area contributed by atoms with Gasteiger partial charge in [0.1, 0.15) is 30.8 Å². The van der Waals surface area contributed by atoms with Crippen molar-refractivity contribution >= 4 is 33.1 Å². The van der Waals surface area contributed by atoms with E-state index in [0.717, 1.165) is 27.4 Å². The maximum Gasteiger partial charge on any atom is 0.253 e. The minimum atomic E-state index is -0.196. The molecule has 6 nitrogen and oxygen atoms in total. The minimum Gasteiger partial charge on any atom is -0.497 e. The molecule has 26 heavy (non-hydrogen) atoms. The molecule has 1 aliphatic heterocycles. The highest BCUT2D eigenvalue weighted by molar-refractivity contribution is 7.17. The van der Waals surface area contributed by atoms with Crippen LogP contribution >= 0.6 is 11.3 Å². The lowest BCUT2D eigenvalue weighted by Gasteiger charge is -2.32. The molecule has 2 aromatic heterocycles. The molecule has 1 unspecified atom stereocenters. The number of anilines is 1. The highest BCUT2D eigenvalue weighted by atomic mass is 32.1. The topological polar surface area (TPSA) is 60.9 Å². The number of pyridine rings is 1. The van der Waals surface area contributed by atoms with E-state index in [1.807, 2.05) is 41.8 Å². The van der Waals surface area contributed by atoms with Crippen molar-refractivity contribution < 1.29 is 19.0 Å². The summed E-state index contributed by atoms with van der Waals surface area (Å²) in [7, 11) is 1.62. The molecule has 3 heterocycles. The number of carbonyl (C=O) groups is 1. The number of rotatable bonds is 5. The third kappa shape index (κ3) is 3.36. The molecule has 1 saturated heterocycles. The number of benzene rings is 1. The van der Waals surface area contributed by atoms with Crippen LogP contribution < -0.4 is 14.4 Å². The fraction of sp³-hybridized carbons (Fsp3) is 0.263. The van der Waals surface area contributed by atoms with Crippen molar-refractivity contribution in [1.82, 2.24) is 4.98 Å². The number of aromatic nitrogens is 1. The largest absolute Gasteiger partial charge is 0.497 e. The number of ether oxygens (including phenoxy) is 3. The van der Waals surface area contributed by atoms with Crippen LogP contribution in [0.25, 0.3) is 10.2 Å². The summed E-state index contributed by atoms with van der Waals surface area (Å²) in [5.74, 6) is 1.49. The van der Waals surface area contributed by atoms with Gasteiger partial charge < -0.3 is 19.1 Å². The minimum absolute atomic E-state index is 0.0464. The summed E-state index contributed by atoms with van der Waals surface area (Å²) >= 11 is 1.60. The summed E-state index contributed by atoms with van der Waals surface area (Å²) in [5, 5.41) is 1.99. The SMILES string of the molecule is COc1ccc(N2CC(COc3ccnc4ccsc34)OCC2=O)cc1. The number of amides is 1. The first-order chi connectivity index (χ1) is 12.7. The third-order valence-electron chi connectivity index (χ3n) is 4.25. The van der Waals surface area contributed by atoms with Crippen LogP contribution in [0.3, 0.4) is 0 Å². The van der Waals surface area contributed by atoms with Crippen molar-refractivity contribution in [3.63, 3.8) is 0 Å². The van der Waals surface area contributed by atoms with Gasteiger partial charge >= 0.3 is 0 Å². The van der Waals surface area contributed by atoms with Crippen molar-refractivity contribution in [1.29, 1.82) is 0 Å². The normalized spacial score (nSPS) is 17.5. The zero-order chi connectivity index (χ0) is 17.9. The molecule has 0 saturated carbocycles. The van der Waals surface area contributed by atoms with E-state index in [4.69, 9.17) is 14.2 Å². The van der Waals surface area contributed by atoms with Crippen molar-refractivity contribution in [2.75, 3.05) is 31.8 Å². The summed E-state index contributed by atoms with van der Waals surface area (Å²) in [6.07, 6.45) is 1.54. The van der Waals surface area contributed by atoms with Gasteiger partial charge in [-0.1, -0.05) is 0 Å². The summed E-state index contributed by atoms with van der Waals surface area (Å²) in [5.41, 5.74) is 1.75.